The third-order valence-corrected chi connectivity index (χ3v) is 4.64. The summed E-state index contributed by atoms with van der Waals surface area (Å²) >= 11 is 0. The van der Waals surface area contributed by atoms with Crippen molar-refractivity contribution in [3.05, 3.63) is 52.6 Å². The molecule has 0 bridgehead atoms. The van der Waals surface area contributed by atoms with E-state index in [9.17, 15) is 5.11 Å². The van der Waals surface area contributed by atoms with Gasteiger partial charge in [-0.25, -0.2) is 0 Å². The number of rotatable bonds is 6. The Kier molecular flexibility index (Phi) is 5.65. The second-order valence-electron chi connectivity index (χ2n) is 6.19. The topological polar surface area (TPSA) is 38.7 Å². The molecule has 2 aliphatic carbocycles. The number of aliphatic hydroxyl groups excluding tert-OH is 1. The molecule has 1 aromatic carbocycles. The molecule has 0 saturated heterocycles. The Morgan fingerprint density at radius 1 is 1.22 bits per heavy atom. The van der Waals surface area contributed by atoms with Crippen LogP contribution in [0, 0.1) is 0 Å². The predicted octanol–water partition coefficient (Wildman–Crippen LogP) is 3.65. The molecule has 1 aromatic rings. The second-order valence-corrected chi connectivity index (χ2v) is 6.19. The minimum absolute atomic E-state index is 0.1000. The average Bonchev–Trinajstić information content (AvgIpc) is 2.77. The highest BCUT2D eigenvalue weighted by Crippen LogP contribution is 2.37. The summed E-state index contributed by atoms with van der Waals surface area (Å²) < 4.78 is 11.3. The molecule has 3 nitrogen and oxygen atoms in total. The molecule has 1 N–H and O–H groups in total. The van der Waals surface area contributed by atoms with Crippen LogP contribution in [-0.4, -0.2) is 31.0 Å². The van der Waals surface area contributed by atoms with Crippen LogP contribution >= 0.6 is 0 Å². The van der Waals surface area contributed by atoms with Crippen molar-refractivity contribution in [3.8, 4) is 0 Å². The lowest BCUT2D eigenvalue weighted by molar-refractivity contribution is 0.0266. The summed E-state index contributed by atoms with van der Waals surface area (Å²) in [5.41, 5.74) is 6.52. The van der Waals surface area contributed by atoms with Gasteiger partial charge in [0.1, 0.15) is 0 Å². The normalized spacial score (nSPS) is 20.2. The molecule has 0 aliphatic heterocycles. The summed E-state index contributed by atoms with van der Waals surface area (Å²) in [6.07, 6.45) is 8.95. The zero-order chi connectivity index (χ0) is 16.1. The van der Waals surface area contributed by atoms with E-state index in [1.165, 1.54) is 28.7 Å². The highest BCUT2D eigenvalue weighted by molar-refractivity contribution is 5.80. The molecule has 2 aliphatic rings. The first-order valence-electron chi connectivity index (χ1n) is 8.64. The maximum atomic E-state index is 9.42. The molecule has 0 spiro atoms. The maximum absolute atomic E-state index is 9.42. The van der Waals surface area contributed by atoms with Gasteiger partial charge in [0, 0.05) is 6.61 Å². The molecule has 0 radical (unpaired) electrons. The highest BCUT2D eigenvalue weighted by Gasteiger charge is 2.22. The number of aryl methyl sites for hydroxylation is 1. The molecule has 0 aromatic heterocycles. The molecule has 1 atom stereocenters. The molecule has 0 amide bonds. The van der Waals surface area contributed by atoms with Crippen LogP contribution in [0.5, 0.6) is 0 Å². The van der Waals surface area contributed by atoms with E-state index in [0.29, 0.717) is 13.2 Å². The van der Waals surface area contributed by atoms with E-state index in [4.69, 9.17) is 9.47 Å². The fourth-order valence-corrected chi connectivity index (χ4v) is 3.46. The first kappa shape index (κ1) is 16.4. The van der Waals surface area contributed by atoms with Crippen LogP contribution in [0.3, 0.4) is 0 Å². The second kappa shape index (κ2) is 7.91. The van der Waals surface area contributed by atoms with Crippen LogP contribution in [-0.2, 0) is 22.5 Å². The lowest BCUT2D eigenvalue weighted by Crippen LogP contribution is -2.17. The van der Waals surface area contributed by atoms with Crippen molar-refractivity contribution in [1.29, 1.82) is 0 Å². The van der Waals surface area contributed by atoms with E-state index in [1.807, 2.05) is 13.0 Å². The van der Waals surface area contributed by atoms with Crippen LogP contribution in [0.4, 0.5) is 0 Å². The van der Waals surface area contributed by atoms with Crippen molar-refractivity contribution in [3.63, 3.8) is 0 Å². The fraction of sp³-hybridized carbons (Fsp3) is 0.500. The van der Waals surface area contributed by atoms with Gasteiger partial charge in [-0.05, 0) is 60.9 Å². The van der Waals surface area contributed by atoms with E-state index in [0.717, 1.165) is 31.4 Å². The summed E-state index contributed by atoms with van der Waals surface area (Å²) in [5.74, 6) is 0. The largest absolute Gasteiger partial charge is 0.392 e. The van der Waals surface area contributed by atoms with Crippen molar-refractivity contribution in [2.75, 3.05) is 19.8 Å². The molecule has 124 valence electrons. The third-order valence-electron chi connectivity index (χ3n) is 4.64. The van der Waals surface area contributed by atoms with E-state index in [2.05, 4.69) is 24.3 Å². The molecule has 0 saturated carbocycles. The van der Waals surface area contributed by atoms with Gasteiger partial charge in [-0.2, -0.15) is 0 Å². The van der Waals surface area contributed by atoms with Crippen LogP contribution in [0.25, 0.3) is 5.57 Å². The Morgan fingerprint density at radius 3 is 2.96 bits per heavy atom. The van der Waals surface area contributed by atoms with Crippen LogP contribution in [0.2, 0.25) is 0 Å². The van der Waals surface area contributed by atoms with Gasteiger partial charge >= 0.3 is 0 Å². The van der Waals surface area contributed by atoms with Crippen molar-refractivity contribution < 1.29 is 14.6 Å². The SMILES string of the molecule is CCOCCOC1C=CC2=C(CCCc3ccc(CO)cc32)C1. The molecule has 0 fully saturated rings. The van der Waals surface area contributed by atoms with Gasteiger partial charge < -0.3 is 14.6 Å². The van der Waals surface area contributed by atoms with Crippen molar-refractivity contribution in [2.45, 2.75) is 45.3 Å². The van der Waals surface area contributed by atoms with Gasteiger partial charge in [-0.15, -0.1) is 0 Å². The summed E-state index contributed by atoms with van der Waals surface area (Å²) in [6, 6.07) is 6.36. The lowest BCUT2D eigenvalue weighted by Gasteiger charge is -2.23. The zero-order valence-electron chi connectivity index (χ0n) is 13.9. The quantitative estimate of drug-likeness (QED) is 0.815. The van der Waals surface area contributed by atoms with Gasteiger partial charge in [-0.3, -0.25) is 0 Å². The van der Waals surface area contributed by atoms with Gasteiger partial charge in [0.25, 0.3) is 0 Å². The van der Waals surface area contributed by atoms with Crippen LogP contribution in [0.15, 0.2) is 35.9 Å². The number of ether oxygens (including phenoxy) is 2. The molecule has 1 unspecified atom stereocenters. The minimum atomic E-state index is 0.1000. The maximum Gasteiger partial charge on any atom is 0.0797 e. The lowest BCUT2D eigenvalue weighted by atomic mass is 9.88. The van der Waals surface area contributed by atoms with Gasteiger partial charge in [0.2, 0.25) is 0 Å². The average molecular weight is 314 g/mol. The summed E-state index contributed by atoms with van der Waals surface area (Å²) in [4.78, 5) is 0. The van der Waals surface area contributed by atoms with Crippen LogP contribution < -0.4 is 0 Å². The van der Waals surface area contributed by atoms with Gasteiger partial charge in [0.15, 0.2) is 0 Å². The smallest absolute Gasteiger partial charge is 0.0797 e. The van der Waals surface area contributed by atoms with E-state index < -0.39 is 0 Å². The van der Waals surface area contributed by atoms with Crippen molar-refractivity contribution in [2.24, 2.45) is 0 Å². The zero-order valence-corrected chi connectivity index (χ0v) is 13.9. The number of benzene rings is 1. The van der Waals surface area contributed by atoms with Gasteiger partial charge in [-0.1, -0.05) is 29.9 Å². The molecular weight excluding hydrogens is 288 g/mol. The van der Waals surface area contributed by atoms with Crippen molar-refractivity contribution in [1.82, 2.24) is 0 Å². The molecule has 3 heteroatoms. The number of hydrogen-bond acceptors (Lipinski definition) is 3. The predicted molar refractivity (Wildman–Crippen MR) is 92.2 cm³/mol. The number of allylic oxidation sites excluding steroid dienone is 2. The molecule has 0 heterocycles. The van der Waals surface area contributed by atoms with E-state index >= 15 is 0 Å². The Hall–Kier alpha value is -1.42. The standard InChI is InChI=1S/C20H26O3/c1-2-22-10-11-23-18-8-9-19-17(13-18)5-3-4-16-7-6-15(14-21)12-20(16)19/h6-9,12,18,21H,2-5,10-11,13-14H2,1H3. The summed E-state index contributed by atoms with van der Waals surface area (Å²) in [5, 5.41) is 9.42. The first-order valence-corrected chi connectivity index (χ1v) is 8.64. The van der Waals surface area contributed by atoms with E-state index in [1.54, 1.807) is 0 Å². The number of hydrogen-bond donors (Lipinski definition) is 1. The Labute approximate surface area is 138 Å². The first-order chi connectivity index (χ1) is 11.3. The number of aliphatic hydroxyl groups is 1. The highest BCUT2D eigenvalue weighted by atomic mass is 16.5. The van der Waals surface area contributed by atoms with Gasteiger partial charge in [0.05, 0.1) is 25.9 Å². The van der Waals surface area contributed by atoms with E-state index in [-0.39, 0.29) is 12.7 Å². The third kappa shape index (κ3) is 3.92. The Balaban J connectivity index is 1.75. The summed E-state index contributed by atoms with van der Waals surface area (Å²) in [7, 11) is 0. The Bertz CT molecular complexity index is 601. The Morgan fingerprint density at radius 2 is 2.13 bits per heavy atom. The molecule has 3 rings (SSSR count). The molecule has 23 heavy (non-hydrogen) atoms. The van der Waals surface area contributed by atoms with Crippen LogP contribution in [0.1, 0.15) is 42.9 Å². The summed E-state index contributed by atoms with van der Waals surface area (Å²) in [6.45, 7) is 4.15. The number of fused-ring (bicyclic) bond motifs is 2. The molecular formula is C20H26O3. The fourth-order valence-electron chi connectivity index (χ4n) is 3.46. The van der Waals surface area contributed by atoms with Crippen molar-refractivity contribution >= 4 is 5.57 Å². The minimum Gasteiger partial charge on any atom is -0.392 e. The monoisotopic (exact) mass is 314 g/mol.